The van der Waals surface area contributed by atoms with Crippen LogP contribution in [0.5, 0.6) is 5.88 Å². The maximum absolute atomic E-state index is 12.9. The second-order valence-electron chi connectivity index (χ2n) is 5.45. The standard InChI is InChI=1S/C17H14F6N2O2/c18-16(19,20)10-27-14-6-5-12(9-25-14)15(26)24-8-7-11-3-1-2-4-13(11)17(21,22)23/h1-6,9H,7-8,10H2,(H,24,26). The Labute approximate surface area is 150 Å². The molecular weight excluding hydrogens is 378 g/mol. The average molecular weight is 392 g/mol. The molecule has 0 atom stereocenters. The zero-order valence-electron chi connectivity index (χ0n) is 13.7. The number of amides is 1. The second kappa shape index (κ2) is 8.28. The molecule has 2 rings (SSSR count). The van der Waals surface area contributed by atoms with Crippen LogP contribution in [0.2, 0.25) is 0 Å². The van der Waals surface area contributed by atoms with E-state index in [1.54, 1.807) is 0 Å². The summed E-state index contributed by atoms with van der Waals surface area (Å²) in [6.07, 6.45) is -8.02. The van der Waals surface area contributed by atoms with Crippen molar-refractivity contribution in [1.29, 1.82) is 0 Å². The lowest BCUT2D eigenvalue weighted by Crippen LogP contribution is -2.26. The largest absolute Gasteiger partial charge is 0.468 e. The van der Waals surface area contributed by atoms with Crippen molar-refractivity contribution in [2.75, 3.05) is 13.2 Å². The molecule has 146 valence electrons. The van der Waals surface area contributed by atoms with Gasteiger partial charge in [0.1, 0.15) is 0 Å². The van der Waals surface area contributed by atoms with Crippen molar-refractivity contribution in [3.05, 3.63) is 59.3 Å². The molecule has 0 aliphatic heterocycles. The molecule has 4 nitrogen and oxygen atoms in total. The quantitative estimate of drug-likeness (QED) is 0.756. The van der Waals surface area contributed by atoms with Gasteiger partial charge in [-0.1, -0.05) is 18.2 Å². The van der Waals surface area contributed by atoms with Gasteiger partial charge in [-0.3, -0.25) is 4.79 Å². The molecule has 2 aromatic rings. The van der Waals surface area contributed by atoms with Crippen LogP contribution in [-0.4, -0.2) is 30.2 Å². The molecule has 1 heterocycles. The second-order valence-corrected chi connectivity index (χ2v) is 5.45. The number of nitrogens with zero attached hydrogens (tertiary/aromatic N) is 1. The summed E-state index contributed by atoms with van der Waals surface area (Å²) in [5, 5.41) is 2.43. The fourth-order valence-electron chi connectivity index (χ4n) is 2.18. The van der Waals surface area contributed by atoms with E-state index in [0.29, 0.717) is 0 Å². The lowest BCUT2D eigenvalue weighted by molar-refractivity contribution is -0.154. The lowest BCUT2D eigenvalue weighted by Gasteiger charge is -2.13. The van der Waals surface area contributed by atoms with E-state index < -0.39 is 30.4 Å². The Morgan fingerprint density at radius 3 is 2.33 bits per heavy atom. The van der Waals surface area contributed by atoms with Crippen LogP contribution in [0.15, 0.2) is 42.6 Å². The van der Waals surface area contributed by atoms with Crippen LogP contribution >= 0.6 is 0 Å². The number of halogens is 6. The Morgan fingerprint density at radius 2 is 1.74 bits per heavy atom. The van der Waals surface area contributed by atoms with E-state index in [9.17, 15) is 31.1 Å². The highest BCUT2D eigenvalue weighted by Crippen LogP contribution is 2.31. The number of aromatic nitrogens is 1. The van der Waals surface area contributed by atoms with Gasteiger partial charge in [-0.15, -0.1) is 0 Å². The maximum Gasteiger partial charge on any atom is 0.422 e. The maximum atomic E-state index is 12.9. The van der Waals surface area contributed by atoms with Crippen LogP contribution in [0.25, 0.3) is 0 Å². The van der Waals surface area contributed by atoms with Crippen molar-refractivity contribution in [1.82, 2.24) is 10.3 Å². The summed E-state index contributed by atoms with van der Waals surface area (Å²) in [7, 11) is 0. The van der Waals surface area contributed by atoms with Crippen molar-refractivity contribution in [3.8, 4) is 5.88 Å². The average Bonchev–Trinajstić information content (AvgIpc) is 2.59. The number of rotatable bonds is 6. The van der Waals surface area contributed by atoms with Crippen molar-refractivity contribution >= 4 is 5.91 Å². The van der Waals surface area contributed by atoms with E-state index >= 15 is 0 Å². The molecule has 0 aliphatic rings. The highest BCUT2D eigenvalue weighted by atomic mass is 19.4. The van der Waals surface area contributed by atoms with Crippen molar-refractivity contribution < 1.29 is 35.9 Å². The summed E-state index contributed by atoms with van der Waals surface area (Å²) in [4.78, 5) is 15.5. The predicted molar refractivity (Wildman–Crippen MR) is 83.3 cm³/mol. The third-order valence-corrected chi connectivity index (χ3v) is 3.38. The van der Waals surface area contributed by atoms with Gasteiger partial charge in [-0.2, -0.15) is 26.3 Å². The first-order chi connectivity index (χ1) is 12.6. The summed E-state index contributed by atoms with van der Waals surface area (Å²) in [5.74, 6) is -0.919. The van der Waals surface area contributed by atoms with Gasteiger partial charge >= 0.3 is 12.4 Å². The summed E-state index contributed by atoms with van der Waals surface area (Å²) >= 11 is 0. The highest BCUT2D eigenvalue weighted by Gasteiger charge is 2.32. The Kier molecular flexibility index (Phi) is 6.29. The topological polar surface area (TPSA) is 51.2 Å². The number of carbonyl (C=O) groups excluding carboxylic acids is 1. The predicted octanol–water partition coefficient (Wildman–Crippen LogP) is 4.01. The van der Waals surface area contributed by atoms with Crippen molar-refractivity contribution in [3.63, 3.8) is 0 Å². The molecule has 0 bridgehead atoms. The molecule has 0 unspecified atom stereocenters. The van der Waals surface area contributed by atoms with Gasteiger partial charge in [0.15, 0.2) is 6.61 Å². The van der Waals surface area contributed by atoms with E-state index in [2.05, 4.69) is 15.0 Å². The van der Waals surface area contributed by atoms with Gasteiger partial charge in [-0.05, 0) is 24.1 Å². The molecule has 27 heavy (non-hydrogen) atoms. The molecule has 0 saturated heterocycles. The van der Waals surface area contributed by atoms with E-state index in [1.807, 2.05) is 0 Å². The zero-order valence-corrected chi connectivity index (χ0v) is 13.7. The fraction of sp³-hybridized carbons (Fsp3) is 0.294. The number of hydrogen-bond donors (Lipinski definition) is 1. The van der Waals surface area contributed by atoms with Crippen LogP contribution in [0.1, 0.15) is 21.5 Å². The van der Waals surface area contributed by atoms with Gasteiger partial charge in [0.2, 0.25) is 5.88 Å². The Morgan fingerprint density at radius 1 is 1.04 bits per heavy atom. The monoisotopic (exact) mass is 392 g/mol. The molecule has 1 amide bonds. The van der Waals surface area contributed by atoms with Gasteiger partial charge < -0.3 is 10.1 Å². The summed E-state index contributed by atoms with van der Waals surface area (Å²) in [6.45, 7) is -1.57. The van der Waals surface area contributed by atoms with Crippen molar-refractivity contribution in [2.45, 2.75) is 18.8 Å². The number of hydrogen-bond acceptors (Lipinski definition) is 3. The van der Waals surface area contributed by atoms with Crippen LogP contribution in [0.3, 0.4) is 0 Å². The lowest BCUT2D eigenvalue weighted by atomic mass is 10.0. The van der Waals surface area contributed by atoms with E-state index in [0.717, 1.165) is 18.3 Å². The highest BCUT2D eigenvalue weighted by molar-refractivity contribution is 5.93. The van der Waals surface area contributed by atoms with E-state index in [4.69, 9.17) is 0 Å². The van der Waals surface area contributed by atoms with Crippen molar-refractivity contribution in [2.24, 2.45) is 0 Å². The number of alkyl halides is 6. The molecule has 10 heteroatoms. The number of pyridine rings is 1. The Hall–Kier alpha value is -2.78. The number of benzene rings is 1. The first-order valence-electron chi connectivity index (χ1n) is 7.65. The Balaban J connectivity index is 1.90. The smallest absolute Gasteiger partial charge is 0.422 e. The molecule has 0 spiro atoms. The van der Waals surface area contributed by atoms with E-state index in [1.165, 1.54) is 24.3 Å². The molecule has 0 saturated carbocycles. The molecule has 1 aromatic heterocycles. The minimum Gasteiger partial charge on any atom is -0.468 e. The van der Waals surface area contributed by atoms with Crippen LogP contribution in [-0.2, 0) is 12.6 Å². The summed E-state index contributed by atoms with van der Waals surface area (Å²) in [6, 6.07) is 7.33. The van der Waals surface area contributed by atoms with Crippen LogP contribution < -0.4 is 10.1 Å². The fourth-order valence-corrected chi connectivity index (χ4v) is 2.18. The first-order valence-corrected chi connectivity index (χ1v) is 7.65. The summed E-state index contributed by atoms with van der Waals surface area (Å²) in [5.41, 5.74) is -0.690. The molecule has 1 aromatic carbocycles. The summed E-state index contributed by atoms with van der Waals surface area (Å²) < 4.78 is 79.2. The van der Waals surface area contributed by atoms with Gasteiger partial charge in [0.25, 0.3) is 5.91 Å². The Bertz CT molecular complexity index is 772. The molecule has 0 fully saturated rings. The molecule has 1 N–H and O–H groups in total. The number of carbonyl (C=O) groups is 1. The van der Waals surface area contributed by atoms with Crippen LogP contribution in [0, 0.1) is 0 Å². The van der Waals surface area contributed by atoms with Gasteiger partial charge in [0, 0.05) is 18.8 Å². The number of ether oxygens (including phenoxy) is 1. The zero-order chi connectivity index (χ0) is 20.1. The number of nitrogens with one attached hydrogen (secondary N) is 1. The molecule has 0 aliphatic carbocycles. The normalized spacial score (nSPS) is 11.9. The first kappa shape index (κ1) is 20.5. The minimum absolute atomic E-state index is 0.0401. The van der Waals surface area contributed by atoms with Gasteiger partial charge in [-0.25, -0.2) is 4.98 Å². The SMILES string of the molecule is O=C(NCCc1ccccc1C(F)(F)F)c1ccc(OCC(F)(F)F)nc1. The third kappa shape index (κ3) is 6.46. The molecular formula is C17H14F6N2O2. The van der Waals surface area contributed by atoms with Crippen LogP contribution in [0.4, 0.5) is 26.3 Å². The van der Waals surface area contributed by atoms with E-state index in [-0.39, 0.29) is 30.0 Å². The molecule has 0 radical (unpaired) electrons. The minimum atomic E-state index is -4.51. The third-order valence-electron chi connectivity index (χ3n) is 3.38. The van der Waals surface area contributed by atoms with Gasteiger partial charge in [0.05, 0.1) is 11.1 Å².